The molecule has 10 nitrogen and oxygen atoms in total. The molecule has 2 heterocycles. The number of nitrogens with zero attached hydrogens (tertiary/aromatic N) is 5. The summed E-state index contributed by atoms with van der Waals surface area (Å²) in [6.07, 6.45) is 3.15. The predicted molar refractivity (Wildman–Crippen MR) is 110 cm³/mol. The lowest BCUT2D eigenvalue weighted by atomic mass is 10.2. The number of hydrogen-bond donors (Lipinski definition) is 0. The molecule has 1 aromatic heterocycles. The molecule has 10 heteroatoms. The van der Waals surface area contributed by atoms with Crippen molar-refractivity contribution in [1.29, 1.82) is 0 Å². The van der Waals surface area contributed by atoms with Crippen LogP contribution in [0.1, 0.15) is 5.56 Å². The van der Waals surface area contributed by atoms with Gasteiger partial charge in [0.05, 0.1) is 11.5 Å². The van der Waals surface area contributed by atoms with Gasteiger partial charge in [0.2, 0.25) is 11.8 Å². The van der Waals surface area contributed by atoms with E-state index in [2.05, 4.69) is 15.1 Å². The molecule has 0 bridgehead atoms. The third-order valence-electron chi connectivity index (χ3n) is 4.60. The number of benzene rings is 1. The van der Waals surface area contributed by atoms with Crippen molar-refractivity contribution in [2.75, 3.05) is 51.4 Å². The van der Waals surface area contributed by atoms with Gasteiger partial charge in [0.25, 0.3) is 5.69 Å². The molecule has 30 heavy (non-hydrogen) atoms. The number of aromatic nitrogens is 2. The number of non-ortho nitro benzene ring substituents is 1. The molecule has 0 aliphatic carbocycles. The second-order valence-corrected chi connectivity index (χ2v) is 6.57. The number of amides is 1. The van der Waals surface area contributed by atoms with Crippen LogP contribution in [0.2, 0.25) is 0 Å². The van der Waals surface area contributed by atoms with Crippen molar-refractivity contribution in [2.24, 2.45) is 0 Å². The van der Waals surface area contributed by atoms with Crippen molar-refractivity contribution in [3.8, 4) is 5.88 Å². The van der Waals surface area contributed by atoms with Crippen molar-refractivity contribution >= 4 is 23.5 Å². The molecule has 0 spiro atoms. The zero-order valence-electron chi connectivity index (χ0n) is 16.6. The topological polar surface area (TPSA) is 111 Å². The van der Waals surface area contributed by atoms with Crippen molar-refractivity contribution in [2.45, 2.75) is 0 Å². The monoisotopic (exact) mass is 413 g/mol. The largest absolute Gasteiger partial charge is 0.474 e. The summed E-state index contributed by atoms with van der Waals surface area (Å²) in [5, 5.41) is 18.9. The van der Waals surface area contributed by atoms with E-state index in [4.69, 9.17) is 9.47 Å². The van der Waals surface area contributed by atoms with Crippen LogP contribution in [-0.4, -0.2) is 72.4 Å². The standard InChI is InChI=1S/C20H23N5O5/c1-29-14-15-30-19-8-7-18(21-22-19)23-10-12-24(13-11-23)20(26)9-4-16-2-5-17(6-3-16)25(27)28/h2-9H,10-15H2,1H3/b9-4+. The molecule has 1 amide bonds. The molecular formula is C20H23N5O5. The fourth-order valence-electron chi connectivity index (χ4n) is 2.92. The van der Waals surface area contributed by atoms with E-state index in [9.17, 15) is 14.9 Å². The van der Waals surface area contributed by atoms with E-state index >= 15 is 0 Å². The highest BCUT2D eigenvalue weighted by Gasteiger charge is 2.21. The number of nitro groups is 1. The van der Waals surface area contributed by atoms with E-state index < -0.39 is 4.92 Å². The summed E-state index contributed by atoms with van der Waals surface area (Å²) in [4.78, 5) is 26.5. The highest BCUT2D eigenvalue weighted by Crippen LogP contribution is 2.16. The molecule has 2 aromatic rings. The van der Waals surface area contributed by atoms with Crippen LogP contribution >= 0.6 is 0 Å². The molecule has 1 saturated heterocycles. The molecular weight excluding hydrogens is 390 g/mol. The molecule has 1 aromatic carbocycles. The maximum Gasteiger partial charge on any atom is 0.269 e. The van der Waals surface area contributed by atoms with Gasteiger partial charge in [0.15, 0.2) is 5.82 Å². The predicted octanol–water partition coefficient (Wildman–Crippen LogP) is 1.77. The summed E-state index contributed by atoms with van der Waals surface area (Å²) in [5.74, 6) is 1.09. The van der Waals surface area contributed by atoms with Crippen LogP contribution in [0.25, 0.3) is 6.08 Å². The van der Waals surface area contributed by atoms with Crippen molar-refractivity contribution in [3.63, 3.8) is 0 Å². The summed E-state index contributed by atoms with van der Waals surface area (Å²) in [7, 11) is 1.61. The van der Waals surface area contributed by atoms with Crippen LogP contribution in [0.15, 0.2) is 42.5 Å². The molecule has 158 valence electrons. The average molecular weight is 413 g/mol. The second kappa shape index (κ2) is 10.3. The van der Waals surface area contributed by atoms with Crippen LogP contribution in [0.3, 0.4) is 0 Å². The van der Waals surface area contributed by atoms with Crippen LogP contribution in [-0.2, 0) is 9.53 Å². The molecule has 0 unspecified atom stereocenters. The number of hydrogen-bond acceptors (Lipinski definition) is 8. The lowest BCUT2D eigenvalue weighted by Gasteiger charge is -2.34. The Hall–Kier alpha value is -3.53. The number of rotatable bonds is 8. The summed E-state index contributed by atoms with van der Waals surface area (Å²) in [6.45, 7) is 3.33. The van der Waals surface area contributed by atoms with Gasteiger partial charge >= 0.3 is 0 Å². The van der Waals surface area contributed by atoms with Gasteiger partial charge in [-0.15, -0.1) is 10.2 Å². The SMILES string of the molecule is COCCOc1ccc(N2CCN(C(=O)/C=C/c3ccc([N+](=O)[O-])cc3)CC2)nn1. The molecule has 3 rings (SSSR count). The fourth-order valence-corrected chi connectivity index (χ4v) is 2.92. The van der Waals surface area contributed by atoms with E-state index in [0.717, 1.165) is 11.4 Å². The van der Waals surface area contributed by atoms with Crippen LogP contribution in [0, 0.1) is 10.1 Å². The van der Waals surface area contributed by atoms with Gasteiger partial charge in [-0.1, -0.05) is 0 Å². The molecule has 1 aliphatic heterocycles. The lowest BCUT2D eigenvalue weighted by Crippen LogP contribution is -2.48. The maximum absolute atomic E-state index is 12.4. The Morgan fingerprint density at radius 3 is 2.43 bits per heavy atom. The van der Waals surface area contributed by atoms with Crippen LogP contribution in [0.4, 0.5) is 11.5 Å². The van der Waals surface area contributed by atoms with Gasteiger partial charge < -0.3 is 19.3 Å². The third kappa shape index (κ3) is 5.74. The number of methoxy groups -OCH3 is 1. The van der Waals surface area contributed by atoms with Gasteiger partial charge in [-0.25, -0.2) is 0 Å². The van der Waals surface area contributed by atoms with E-state index in [-0.39, 0.29) is 11.6 Å². The zero-order valence-corrected chi connectivity index (χ0v) is 16.6. The Labute approximate surface area is 173 Å². The summed E-state index contributed by atoms with van der Waals surface area (Å²) in [5.41, 5.74) is 0.753. The highest BCUT2D eigenvalue weighted by atomic mass is 16.6. The van der Waals surface area contributed by atoms with Gasteiger partial charge in [-0.2, -0.15) is 0 Å². The average Bonchev–Trinajstić information content (AvgIpc) is 2.78. The molecule has 0 atom stereocenters. The van der Waals surface area contributed by atoms with E-state index in [1.807, 2.05) is 6.07 Å². The normalized spacial score (nSPS) is 14.2. The van der Waals surface area contributed by atoms with Gasteiger partial charge in [0, 0.05) is 57.6 Å². The lowest BCUT2D eigenvalue weighted by molar-refractivity contribution is -0.384. The van der Waals surface area contributed by atoms with Crippen molar-refractivity contribution < 1.29 is 19.2 Å². The first kappa shape index (κ1) is 21.2. The Balaban J connectivity index is 1.48. The van der Waals surface area contributed by atoms with Gasteiger partial charge in [-0.05, 0) is 29.8 Å². The van der Waals surface area contributed by atoms with E-state index in [1.165, 1.54) is 18.2 Å². The maximum atomic E-state index is 12.4. The Bertz CT molecular complexity index is 877. The Morgan fingerprint density at radius 1 is 1.10 bits per heavy atom. The minimum absolute atomic E-state index is 0.0206. The summed E-state index contributed by atoms with van der Waals surface area (Å²) in [6, 6.07) is 9.67. The fraction of sp³-hybridized carbons (Fsp3) is 0.350. The first-order valence-electron chi connectivity index (χ1n) is 9.48. The summed E-state index contributed by atoms with van der Waals surface area (Å²) < 4.78 is 10.3. The first-order valence-corrected chi connectivity index (χ1v) is 9.48. The number of anilines is 1. The molecule has 0 N–H and O–H groups in total. The highest BCUT2D eigenvalue weighted by molar-refractivity contribution is 5.92. The van der Waals surface area contributed by atoms with E-state index in [0.29, 0.717) is 45.3 Å². The minimum Gasteiger partial charge on any atom is -0.474 e. The quantitative estimate of drug-likeness (QED) is 0.279. The van der Waals surface area contributed by atoms with E-state index in [1.54, 1.807) is 36.3 Å². The van der Waals surface area contributed by atoms with Gasteiger partial charge in [0.1, 0.15) is 6.61 Å². The Morgan fingerprint density at radius 2 is 1.83 bits per heavy atom. The first-order chi connectivity index (χ1) is 14.6. The minimum atomic E-state index is -0.454. The smallest absolute Gasteiger partial charge is 0.269 e. The summed E-state index contributed by atoms with van der Waals surface area (Å²) >= 11 is 0. The zero-order chi connectivity index (χ0) is 21.3. The van der Waals surface area contributed by atoms with Crippen molar-refractivity contribution in [3.05, 3.63) is 58.2 Å². The molecule has 0 radical (unpaired) electrons. The molecule has 0 saturated carbocycles. The number of carbonyl (C=O) groups excluding carboxylic acids is 1. The molecule has 1 fully saturated rings. The number of nitro benzene ring substituents is 1. The Kier molecular flexibility index (Phi) is 7.28. The number of piperazine rings is 1. The third-order valence-corrected chi connectivity index (χ3v) is 4.60. The number of ether oxygens (including phenoxy) is 2. The molecule has 1 aliphatic rings. The van der Waals surface area contributed by atoms with Crippen LogP contribution in [0.5, 0.6) is 5.88 Å². The van der Waals surface area contributed by atoms with Gasteiger partial charge in [-0.3, -0.25) is 14.9 Å². The number of carbonyl (C=O) groups is 1. The van der Waals surface area contributed by atoms with Crippen molar-refractivity contribution in [1.82, 2.24) is 15.1 Å². The van der Waals surface area contributed by atoms with Crippen LogP contribution < -0.4 is 9.64 Å². The second-order valence-electron chi connectivity index (χ2n) is 6.57.